The maximum Gasteiger partial charge on any atom is 0.145 e. The van der Waals surface area contributed by atoms with Crippen LogP contribution in [0.2, 0.25) is 0 Å². The van der Waals surface area contributed by atoms with Crippen molar-refractivity contribution in [3.63, 3.8) is 0 Å². The van der Waals surface area contributed by atoms with Crippen molar-refractivity contribution in [2.45, 2.75) is 32.2 Å². The Morgan fingerprint density at radius 3 is 2.45 bits per heavy atom. The van der Waals surface area contributed by atoms with E-state index in [1.165, 1.54) is 58.4 Å². The van der Waals surface area contributed by atoms with Gasteiger partial charge in [0.25, 0.3) is 0 Å². The van der Waals surface area contributed by atoms with Crippen LogP contribution in [0.4, 0.5) is 5.82 Å². The molecule has 0 bridgehead atoms. The van der Waals surface area contributed by atoms with Gasteiger partial charge < -0.3 is 15.5 Å². The third-order valence-corrected chi connectivity index (χ3v) is 4.73. The van der Waals surface area contributed by atoms with Gasteiger partial charge in [-0.05, 0) is 63.8 Å². The van der Waals surface area contributed by atoms with Crippen molar-refractivity contribution in [1.29, 1.82) is 0 Å². The van der Waals surface area contributed by atoms with Crippen LogP contribution in [0.5, 0.6) is 0 Å². The fourth-order valence-electron chi connectivity index (χ4n) is 3.47. The predicted molar refractivity (Wildman–Crippen MR) is 81.5 cm³/mol. The smallest absolute Gasteiger partial charge is 0.145 e. The lowest BCUT2D eigenvalue weighted by Crippen LogP contribution is -2.39. The van der Waals surface area contributed by atoms with Crippen LogP contribution in [0.1, 0.15) is 25.7 Å². The number of aromatic nitrogens is 2. The standard InChI is InChI=1S/C15H27N5/c16-15-5-10-20(17-15)12-11-18-8-3-14(4-9-18)13-19-6-1-2-7-19/h5,10,14H,1-4,6-9,11-13H2,(H2,16,17). The van der Waals surface area contributed by atoms with E-state index >= 15 is 0 Å². The van der Waals surface area contributed by atoms with Gasteiger partial charge >= 0.3 is 0 Å². The number of piperidine rings is 1. The minimum atomic E-state index is 0.620. The first-order valence-corrected chi connectivity index (χ1v) is 8.03. The van der Waals surface area contributed by atoms with Gasteiger partial charge in [0.15, 0.2) is 0 Å². The van der Waals surface area contributed by atoms with E-state index in [0.29, 0.717) is 5.82 Å². The zero-order valence-electron chi connectivity index (χ0n) is 12.4. The summed E-state index contributed by atoms with van der Waals surface area (Å²) < 4.78 is 1.95. The number of nitrogens with zero attached hydrogens (tertiary/aromatic N) is 4. The van der Waals surface area contributed by atoms with Gasteiger partial charge in [0.05, 0.1) is 6.54 Å². The first kappa shape index (κ1) is 13.9. The fourth-order valence-corrected chi connectivity index (χ4v) is 3.47. The summed E-state index contributed by atoms with van der Waals surface area (Å²) in [6.07, 6.45) is 7.50. The summed E-state index contributed by atoms with van der Waals surface area (Å²) in [6.45, 7) is 8.54. The van der Waals surface area contributed by atoms with E-state index in [9.17, 15) is 0 Å². The lowest BCUT2D eigenvalue weighted by molar-refractivity contribution is 0.149. The van der Waals surface area contributed by atoms with E-state index in [1.807, 2.05) is 16.9 Å². The van der Waals surface area contributed by atoms with Crippen LogP contribution in [-0.2, 0) is 6.54 Å². The fraction of sp³-hybridized carbons (Fsp3) is 0.800. The molecule has 0 amide bonds. The molecule has 2 saturated heterocycles. The zero-order chi connectivity index (χ0) is 13.8. The first-order chi connectivity index (χ1) is 9.79. The van der Waals surface area contributed by atoms with Gasteiger partial charge in [-0.25, -0.2) is 0 Å². The second-order valence-electron chi connectivity index (χ2n) is 6.30. The van der Waals surface area contributed by atoms with Crippen molar-refractivity contribution >= 4 is 5.82 Å². The molecule has 2 fully saturated rings. The largest absolute Gasteiger partial charge is 0.382 e. The highest BCUT2D eigenvalue weighted by Crippen LogP contribution is 2.20. The predicted octanol–water partition coefficient (Wildman–Crippen LogP) is 1.27. The minimum Gasteiger partial charge on any atom is -0.382 e. The summed E-state index contributed by atoms with van der Waals surface area (Å²) in [6, 6.07) is 1.86. The number of hydrogen-bond donors (Lipinski definition) is 1. The van der Waals surface area contributed by atoms with Crippen LogP contribution in [0.3, 0.4) is 0 Å². The Morgan fingerprint density at radius 1 is 1.05 bits per heavy atom. The monoisotopic (exact) mass is 277 g/mol. The molecule has 2 N–H and O–H groups in total. The molecule has 112 valence electrons. The quantitative estimate of drug-likeness (QED) is 0.880. The number of anilines is 1. The van der Waals surface area contributed by atoms with Crippen molar-refractivity contribution < 1.29 is 0 Å². The van der Waals surface area contributed by atoms with E-state index in [0.717, 1.165) is 19.0 Å². The summed E-state index contributed by atoms with van der Waals surface area (Å²) >= 11 is 0. The number of hydrogen-bond acceptors (Lipinski definition) is 4. The van der Waals surface area contributed by atoms with Crippen molar-refractivity contribution in [1.82, 2.24) is 19.6 Å². The van der Waals surface area contributed by atoms with Gasteiger partial charge in [-0.1, -0.05) is 0 Å². The number of nitrogen functional groups attached to an aromatic ring is 1. The minimum absolute atomic E-state index is 0.620. The average Bonchev–Trinajstić information content (AvgIpc) is 3.10. The third-order valence-electron chi connectivity index (χ3n) is 4.73. The molecule has 0 spiro atoms. The number of likely N-dealkylation sites (tertiary alicyclic amines) is 2. The molecule has 1 aromatic heterocycles. The Bertz CT molecular complexity index is 402. The number of rotatable bonds is 5. The van der Waals surface area contributed by atoms with Crippen molar-refractivity contribution in [2.24, 2.45) is 5.92 Å². The van der Waals surface area contributed by atoms with Crippen LogP contribution >= 0.6 is 0 Å². The topological polar surface area (TPSA) is 50.3 Å². The Kier molecular flexibility index (Phi) is 4.58. The molecule has 0 aromatic carbocycles. The molecule has 0 radical (unpaired) electrons. The maximum atomic E-state index is 5.63. The molecule has 0 saturated carbocycles. The van der Waals surface area contributed by atoms with Gasteiger partial charge in [0, 0.05) is 19.3 Å². The van der Waals surface area contributed by atoms with Crippen LogP contribution < -0.4 is 5.73 Å². The molecule has 5 heteroatoms. The third kappa shape index (κ3) is 3.73. The highest BCUT2D eigenvalue weighted by molar-refractivity contribution is 5.23. The van der Waals surface area contributed by atoms with E-state index < -0.39 is 0 Å². The molecule has 3 heterocycles. The SMILES string of the molecule is Nc1ccn(CCN2CCC(CN3CCCC3)CC2)n1. The Labute approximate surface area is 121 Å². The average molecular weight is 277 g/mol. The maximum absolute atomic E-state index is 5.63. The van der Waals surface area contributed by atoms with Crippen LogP contribution in [0.25, 0.3) is 0 Å². The van der Waals surface area contributed by atoms with E-state index in [4.69, 9.17) is 5.73 Å². The summed E-state index contributed by atoms with van der Waals surface area (Å²) in [5, 5.41) is 4.24. The Morgan fingerprint density at radius 2 is 1.80 bits per heavy atom. The van der Waals surface area contributed by atoms with E-state index in [2.05, 4.69) is 14.9 Å². The van der Waals surface area contributed by atoms with Crippen LogP contribution in [0, 0.1) is 5.92 Å². The molecule has 3 rings (SSSR count). The zero-order valence-corrected chi connectivity index (χ0v) is 12.4. The molecule has 2 aliphatic rings. The highest BCUT2D eigenvalue weighted by Gasteiger charge is 2.22. The summed E-state index contributed by atoms with van der Waals surface area (Å²) in [5.74, 6) is 1.54. The molecule has 0 atom stereocenters. The molecular formula is C15H27N5. The second-order valence-corrected chi connectivity index (χ2v) is 6.30. The van der Waals surface area contributed by atoms with Crippen molar-refractivity contribution in [2.75, 3.05) is 45.0 Å². The molecule has 5 nitrogen and oxygen atoms in total. The second kappa shape index (κ2) is 6.59. The molecule has 1 aromatic rings. The lowest BCUT2D eigenvalue weighted by Gasteiger charge is -2.33. The normalized spacial score (nSPS) is 22.6. The first-order valence-electron chi connectivity index (χ1n) is 8.03. The molecule has 2 aliphatic heterocycles. The summed E-state index contributed by atoms with van der Waals surface area (Å²) in [5.41, 5.74) is 5.63. The Balaban J connectivity index is 1.35. The van der Waals surface area contributed by atoms with Gasteiger partial charge in [0.2, 0.25) is 0 Å². The summed E-state index contributed by atoms with van der Waals surface area (Å²) in [7, 11) is 0. The molecule has 20 heavy (non-hydrogen) atoms. The van der Waals surface area contributed by atoms with Gasteiger partial charge in [-0.15, -0.1) is 0 Å². The molecular weight excluding hydrogens is 250 g/mol. The van der Waals surface area contributed by atoms with E-state index in [-0.39, 0.29) is 0 Å². The Hall–Kier alpha value is -1.07. The molecule has 0 aliphatic carbocycles. The van der Waals surface area contributed by atoms with Gasteiger partial charge in [-0.3, -0.25) is 4.68 Å². The summed E-state index contributed by atoms with van der Waals surface area (Å²) in [4.78, 5) is 5.23. The molecule has 0 unspecified atom stereocenters. The van der Waals surface area contributed by atoms with Gasteiger partial charge in [-0.2, -0.15) is 5.10 Å². The number of nitrogens with two attached hydrogens (primary N) is 1. The van der Waals surface area contributed by atoms with Gasteiger partial charge in [0.1, 0.15) is 5.82 Å². The van der Waals surface area contributed by atoms with Crippen molar-refractivity contribution in [3.05, 3.63) is 12.3 Å². The van der Waals surface area contributed by atoms with E-state index in [1.54, 1.807) is 0 Å². The lowest BCUT2D eigenvalue weighted by atomic mass is 9.96. The highest BCUT2D eigenvalue weighted by atomic mass is 15.3. The van der Waals surface area contributed by atoms with Crippen LogP contribution in [0.15, 0.2) is 12.3 Å². The van der Waals surface area contributed by atoms with Crippen molar-refractivity contribution in [3.8, 4) is 0 Å². The van der Waals surface area contributed by atoms with Crippen LogP contribution in [-0.4, -0.2) is 58.8 Å².